The molecule has 0 unspecified atom stereocenters. The lowest BCUT2D eigenvalue weighted by atomic mass is 10.2. The standard InChI is InChI=1S/C16H15N3O3/c1-22-10-7-5-9(6-8-10)19-16(21)13-14(20)11-3-2-4-12(11)17-15(13)18-19/h5-8H,2-4H2,1H3,(H2,17,18,20). The summed E-state index contributed by atoms with van der Waals surface area (Å²) in [6.45, 7) is 0. The van der Waals surface area contributed by atoms with Gasteiger partial charge in [-0.2, -0.15) is 0 Å². The van der Waals surface area contributed by atoms with E-state index >= 15 is 0 Å². The summed E-state index contributed by atoms with van der Waals surface area (Å²) in [5.41, 5.74) is 2.39. The highest BCUT2D eigenvalue weighted by Gasteiger charge is 2.21. The van der Waals surface area contributed by atoms with Crippen molar-refractivity contribution in [2.24, 2.45) is 0 Å². The van der Waals surface area contributed by atoms with Crippen molar-refractivity contribution in [3.8, 4) is 11.4 Å². The van der Waals surface area contributed by atoms with E-state index < -0.39 is 0 Å². The van der Waals surface area contributed by atoms with Crippen LogP contribution in [0.1, 0.15) is 17.7 Å². The van der Waals surface area contributed by atoms with Crippen LogP contribution < -0.4 is 15.7 Å². The van der Waals surface area contributed by atoms with Crippen LogP contribution in [-0.2, 0) is 12.8 Å². The Balaban J connectivity index is 1.96. The fraction of sp³-hybridized carbons (Fsp3) is 0.250. The molecule has 0 fully saturated rings. The lowest BCUT2D eigenvalue weighted by molar-refractivity contribution is 0.414. The Kier molecular flexibility index (Phi) is 2.72. The Hall–Kier alpha value is -2.76. The number of pyridine rings is 1. The van der Waals surface area contributed by atoms with Crippen molar-refractivity contribution in [2.45, 2.75) is 19.3 Å². The second-order valence-corrected chi connectivity index (χ2v) is 5.47. The van der Waals surface area contributed by atoms with Crippen LogP contribution >= 0.6 is 0 Å². The molecule has 2 N–H and O–H groups in total. The summed E-state index contributed by atoms with van der Waals surface area (Å²) < 4.78 is 6.50. The lowest BCUT2D eigenvalue weighted by Crippen LogP contribution is -2.20. The average molecular weight is 297 g/mol. The summed E-state index contributed by atoms with van der Waals surface area (Å²) in [5.74, 6) is 0.711. The zero-order valence-electron chi connectivity index (χ0n) is 12.1. The quantitative estimate of drug-likeness (QED) is 0.752. The average Bonchev–Trinajstić information content (AvgIpc) is 3.13. The molecule has 0 amide bonds. The predicted octanol–water partition coefficient (Wildman–Crippen LogP) is 1.50. The van der Waals surface area contributed by atoms with Gasteiger partial charge in [-0.1, -0.05) is 0 Å². The number of fused-ring (bicyclic) bond motifs is 2. The Bertz CT molecular complexity index is 977. The van der Waals surface area contributed by atoms with Crippen LogP contribution in [-0.4, -0.2) is 21.9 Å². The van der Waals surface area contributed by atoms with Crippen LogP contribution in [0.25, 0.3) is 16.7 Å². The van der Waals surface area contributed by atoms with E-state index in [4.69, 9.17) is 4.74 Å². The maximum Gasteiger partial charge on any atom is 0.284 e. The second kappa shape index (κ2) is 4.62. The zero-order chi connectivity index (χ0) is 15.3. The molecule has 1 aliphatic rings. The molecule has 0 saturated heterocycles. The van der Waals surface area contributed by atoms with Gasteiger partial charge in [-0.15, -0.1) is 0 Å². The molecule has 22 heavy (non-hydrogen) atoms. The molecule has 3 aromatic rings. The number of benzene rings is 1. The number of nitrogens with zero attached hydrogens (tertiary/aromatic N) is 1. The largest absolute Gasteiger partial charge is 0.497 e. The Labute approximate surface area is 125 Å². The molecule has 0 aliphatic heterocycles. The van der Waals surface area contributed by atoms with Crippen molar-refractivity contribution < 1.29 is 4.74 Å². The first-order valence-corrected chi connectivity index (χ1v) is 7.22. The summed E-state index contributed by atoms with van der Waals surface area (Å²) in [6, 6.07) is 7.09. The van der Waals surface area contributed by atoms with Gasteiger partial charge in [0.1, 0.15) is 16.8 Å². The number of methoxy groups -OCH3 is 1. The molecule has 112 valence electrons. The fourth-order valence-corrected chi connectivity index (χ4v) is 3.09. The SMILES string of the molecule is COc1ccc(-n2[nH]c3[nH]c4c(c(=O)c3c2=O)CCC4)cc1. The number of aromatic nitrogens is 3. The van der Waals surface area contributed by atoms with E-state index in [0.717, 1.165) is 30.5 Å². The Morgan fingerprint density at radius 1 is 1.14 bits per heavy atom. The fourth-order valence-electron chi connectivity index (χ4n) is 3.09. The first-order chi connectivity index (χ1) is 10.7. The van der Waals surface area contributed by atoms with Gasteiger partial charge in [-0.05, 0) is 43.5 Å². The van der Waals surface area contributed by atoms with Crippen LogP contribution in [0.15, 0.2) is 33.9 Å². The molecular formula is C16H15N3O3. The normalized spacial score (nSPS) is 13.5. The lowest BCUT2D eigenvalue weighted by Gasteiger charge is -2.03. The first kappa shape index (κ1) is 12.9. The van der Waals surface area contributed by atoms with Crippen LogP contribution in [0.4, 0.5) is 0 Å². The van der Waals surface area contributed by atoms with Crippen molar-refractivity contribution in [1.29, 1.82) is 0 Å². The van der Waals surface area contributed by atoms with Gasteiger partial charge in [0.15, 0.2) is 5.43 Å². The minimum absolute atomic E-state index is 0.144. The molecule has 0 spiro atoms. The number of ether oxygens (including phenoxy) is 1. The van der Waals surface area contributed by atoms with Gasteiger partial charge in [-0.3, -0.25) is 14.7 Å². The Morgan fingerprint density at radius 3 is 2.64 bits per heavy atom. The maximum atomic E-state index is 12.6. The van der Waals surface area contributed by atoms with E-state index in [1.807, 2.05) is 0 Å². The van der Waals surface area contributed by atoms with E-state index in [9.17, 15) is 9.59 Å². The van der Waals surface area contributed by atoms with E-state index in [1.54, 1.807) is 31.4 Å². The monoisotopic (exact) mass is 297 g/mol. The van der Waals surface area contributed by atoms with E-state index in [2.05, 4.69) is 10.1 Å². The molecular weight excluding hydrogens is 282 g/mol. The van der Waals surface area contributed by atoms with Gasteiger partial charge in [-0.25, -0.2) is 4.68 Å². The minimum Gasteiger partial charge on any atom is -0.497 e. The number of H-pyrrole nitrogens is 2. The van der Waals surface area contributed by atoms with Crippen LogP contribution in [0.3, 0.4) is 0 Å². The highest BCUT2D eigenvalue weighted by atomic mass is 16.5. The highest BCUT2D eigenvalue weighted by Crippen LogP contribution is 2.19. The molecule has 4 rings (SSSR count). The molecule has 0 atom stereocenters. The molecule has 2 aromatic heterocycles. The molecule has 1 aromatic carbocycles. The summed E-state index contributed by atoms with van der Waals surface area (Å²) in [7, 11) is 1.59. The summed E-state index contributed by atoms with van der Waals surface area (Å²) in [4.78, 5) is 28.3. The second-order valence-electron chi connectivity index (χ2n) is 5.47. The van der Waals surface area contributed by atoms with Gasteiger partial charge in [0.2, 0.25) is 0 Å². The number of hydrogen-bond acceptors (Lipinski definition) is 3. The van der Waals surface area contributed by atoms with Gasteiger partial charge in [0.05, 0.1) is 12.8 Å². The van der Waals surface area contributed by atoms with Crippen molar-refractivity contribution in [2.75, 3.05) is 7.11 Å². The van der Waals surface area contributed by atoms with Gasteiger partial charge >= 0.3 is 0 Å². The third-order valence-corrected chi connectivity index (χ3v) is 4.22. The first-order valence-electron chi connectivity index (χ1n) is 7.22. The summed E-state index contributed by atoms with van der Waals surface area (Å²) >= 11 is 0. The topological polar surface area (TPSA) is 79.9 Å². The molecule has 2 heterocycles. The van der Waals surface area contributed by atoms with Gasteiger partial charge in [0.25, 0.3) is 5.56 Å². The van der Waals surface area contributed by atoms with E-state index in [1.165, 1.54) is 4.68 Å². The van der Waals surface area contributed by atoms with Crippen LogP contribution in [0, 0.1) is 0 Å². The third kappa shape index (κ3) is 1.73. The number of hydrogen-bond donors (Lipinski definition) is 2. The van der Waals surface area contributed by atoms with Crippen molar-refractivity contribution in [1.82, 2.24) is 14.8 Å². The molecule has 0 saturated carbocycles. The van der Waals surface area contributed by atoms with E-state index in [0.29, 0.717) is 17.1 Å². The number of nitrogens with one attached hydrogen (secondary N) is 2. The number of aryl methyl sites for hydroxylation is 1. The van der Waals surface area contributed by atoms with E-state index in [-0.39, 0.29) is 16.4 Å². The molecule has 0 bridgehead atoms. The van der Waals surface area contributed by atoms with Crippen molar-refractivity contribution >= 4 is 11.0 Å². The minimum atomic E-state index is -0.323. The molecule has 0 radical (unpaired) electrons. The van der Waals surface area contributed by atoms with Crippen LogP contribution in [0.5, 0.6) is 5.75 Å². The molecule has 1 aliphatic carbocycles. The van der Waals surface area contributed by atoms with Crippen molar-refractivity contribution in [3.05, 3.63) is 56.1 Å². The van der Waals surface area contributed by atoms with Gasteiger partial charge < -0.3 is 9.72 Å². The van der Waals surface area contributed by atoms with Gasteiger partial charge in [0, 0.05) is 11.3 Å². The summed E-state index contributed by atoms with van der Waals surface area (Å²) in [5, 5.41) is 3.20. The third-order valence-electron chi connectivity index (χ3n) is 4.22. The zero-order valence-corrected chi connectivity index (χ0v) is 12.1. The smallest absolute Gasteiger partial charge is 0.284 e. The number of aromatic amines is 2. The predicted molar refractivity (Wildman–Crippen MR) is 83.1 cm³/mol. The number of rotatable bonds is 2. The van der Waals surface area contributed by atoms with Crippen molar-refractivity contribution in [3.63, 3.8) is 0 Å². The molecule has 6 heteroatoms. The Morgan fingerprint density at radius 2 is 1.91 bits per heavy atom. The summed E-state index contributed by atoms with van der Waals surface area (Å²) in [6.07, 6.45) is 2.56. The van der Waals surface area contributed by atoms with Crippen LogP contribution in [0.2, 0.25) is 0 Å². The highest BCUT2D eigenvalue weighted by molar-refractivity contribution is 5.75. The molecule has 6 nitrogen and oxygen atoms in total. The maximum absolute atomic E-state index is 12.6.